The van der Waals surface area contributed by atoms with Crippen LogP contribution in [0.1, 0.15) is 33.1 Å². The van der Waals surface area contributed by atoms with Crippen LogP contribution in [0, 0.1) is 5.41 Å². The fourth-order valence-corrected chi connectivity index (χ4v) is 3.67. The topological polar surface area (TPSA) is 35.2 Å². The largest absolute Gasteiger partial charge is 0.489 e. The summed E-state index contributed by atoms with van der Waals surface area (Å²) in [6, 6.07) is 5.87. The summed E-state index contributed by atoms with van der Waals surface area (Å²) in [6.45, 7) is 4.38. The Morgan fingerprint density at radius 1 is 1.44 bits per heavy atom. The molecule has 0 aliphatic heterocycles. The fraction of sp³-hybridized carbons (Fsp3) is 0.571. The Bertz CT molecular complexity index is 434. The standard InChI is InChI=1S/C14H19BrClNO/c1-3-14(4-2)12(17)8-13(14)18-11-6-5-9(16)7-10(11)15/h5-7,12-13H,3-4,8,17H2,1-2H3. The van der Waals surface area contributed by atoms with Gasteiger partial charge >= 0.3 is 0 Å². The number of hydrogen-bond acceptors (Lipinski definition) is 2. The molecule has 0 bridgehead atoms. The molecule has 1 aliphatic carbocycles. The first-order chi connectivity index (χ1) is 8.53. The highest BCUT2D eigenvalue weighted by Crippen LogP contribution is 2.48. The average molecular weight is 333 g/mol. The molecule has 0 radical (unpaired) electrons. The first-order valence-corrected chi connectivity index (χ1v) is 7.58. The SMILES string of the molecule is CCC1(CC)C(N)CC1Oc1ccc(Cl)cc1Br. The minimum absolute atomic E-state index is 0.124. The van der Waals surface area contributed by atoms with E-state index in [4.69, 9.17) is 22.1 Å². The van der Waals surface area contributed by atoms with Crippen molar-refractivity contribution >= 4 is 27.5 Å². The fourth-order valence-electron chi connectivity index (χ4n) is 2.90. The summed E-state index contributed by atoms with van der Waals surface area (Å²) in [6.07, 6.45) is 3.25. The second-order valence-corrected chi connectivity index (χ2v) is 6.25. The summed E-state index contributed by atoms with van der Waals surface area (Å²) in [7, 11) is 0. The molecule has 0 aromatic heterocycles. The minimum Gasteiger partial charge on any atom is -0.489 e. The predicted octanol–water partition coefficient (Wildman–Crippen LogP) is 4.39. The van der Waals surface area contributed by atoms with Crippen molar-refractivity contribution in [1.29, 1.82) is 0 Å². The van der Waals surface area contributed by atoms with Gasteiger partial charge in [0, 0.05) is 22.9 Å². The van der Waals surface area contributed by atoms with Gasteiger partial charge in [-0.15, -0.1) is 0 Å². The molecular weight excluding hydrogens is 314 g/mol. The Morgan fingerprint density at radius 2 is 2.11 bits per heavy atom. The van der Waals surface area contributed by atoms with E-state index in [-0.39, 0.29) is 17.6 Å². The molecule has 100 valence electrons. The minimum atomic E-state index is 0.124. The number of benzene rings is 1. The van der Waals surface area contributed by atoms with Gasteiger partial charge in [0.2, 0.25) is 0 Å². The zero-order valence-corrected chi connectivity index (χ0v) is 13.1. The van der Waals surface area contributed by atoms with Crippen molar-refractivity contribution in [3.63, 3.8) is 0 Å². The van der Waals surface area contributed by atoms with Crippen LogP contribution >= 0.6 is 27.5 Å². The second kappa shape index (κ2) is 5.40. The van der Waals surface area contributed by atoms with Crippen LogP contribution in [-0.4, -0.2) is 12.1 Å². The molecule has 2 nitrogen and oxygen atoms in total. The van der Waals surface area contributed by atoms with E-state index < -0.39 is 0 Å². The van der Waals surface area contributed by atoms with E-state index in [1.165, 1.54) is 0 Å². The molecule has 1 aliphatic rings. The summed E-state index contributed by atoms with van der Waals surface area (Å²) >= 11 is 9.41. The van der Waals surface area contributed by atoms with Gasteiger partial charge < -0.3 is 10.5 Å². The van der Waals surface area contributed by atoms with Gasteiger partial charge in [-0.3, -0.25) is 0 Å². The highest BCUT2D eigenvalue weighted by Gasteiger charge is 2.52. The van der Waals surface area contributed by atoms with Gasteiger partial charge in [0.25, 0.3) is 0 Å². The van der Waals surface area contributed by atoms with Crippen LogP contribution < -0.4 is 10.5 Å². The molecule has 2 N–H and O–H groups in total. The summed E-state index contributed by atoms with van der Waals surface area (Å²) in [5.41, 5.74) is 6.30. The average Bonchev–Trinajstić information content (AvgIpc) is 2.33. The maximum absolute atomic E-state index is 6.17. The highest BCUT2D eigenvalue weighted by molar-refractivity contribution is 9.10. The highest BCUT2D eigenvalue weighted by atomic mass is 79.9. The van der Waals surface area contributed by atoms with Crippen LogP contribution in [0.2, 0.25) is 5.02 Å². The van der Waals surface area contributed by atoms with E-state index in [1.807, 2.05) is 18.2 Å². The summed E-state index contributed by atoms with van der Waals surface area (Å²) in [5, 5.41) is 0.705. The molecule has 0 spiro atoms. The van der Waals surface area contributed by atoms with Gasteiger partial charge in [0.15, 0.2) is 0 Å². The Morgan fingerprint density at radius 3 is 2.61 bits per heavy atom. The lowest BCUT2D eigenvalue weighted by molar-refractivity contribution is -0.0725. The number of ether oxygens (including phenoxy) is 1. The van der Waals surface area contributed by atoms with Crippen molar-refractivity contribution in [2.24, 2.45) is 11.1 Å². The first-order valence-electron chi connectivity index (χ1n) is 6.40. The molecule has 1 aromatic carbocycles. The molecule has 0 amide bonds. The molecular formula is C14H19BrClNO. The van der Waals surface area contributed by atoms with E-state index >= 15 is 0 Å². The van der Waals surface area contributed by atoms with Crippen LogP contribution in [0.4, 0.5) is 0 Å². The van der Waals surface area contributed by atoms with E-state index in [1.54, 1.807) is 0 Å². The van der Waals surface area contributed by atoms with E-state index in [0.29, 0.717) is 5.02 Å². The predicted molar refractivity (Wildman–Crippen MR) is 79.2 cm³/mol. The summed E-state index contributed by atoms with van der Waals surface area (Å²) in [4.78, 5) is 0. The van der Waals surface area contributed by atoms with Crippen LogP contribution in [0.25, 0.3) is 0 Å². The molecule has 0 heterocycles. The van der Waals surface area contributed by atoms with Crippen molar-refractivity contribution in [2.45, 2.75) is 45.3 Å². The van der Waals surface area contributed by atoms with Gasteiger partial charge in [-0.25, -0.2) is 0 Å². The Hall–Kier alpha value is -0.250. The Balaban J connectivity index is 2.15. The third kappa shape index (κ3) is 2.28. The molecule has 1 aromatic rings. The lowest BCUT2D eigenvalue weighted by atomic mass is 9.59. The number of nitrogens with two attached hydrogens (primary N) is 1. The van der Waals surface area contributed by atoms with Crippen molar-refractivity contribution in [2.75, 3.05) is 0 Å². The third-order valence-corrected chi connectivity index (χ3v) is 5.18. The van der Waals surface area contributed by atoms with Crippen LogP contribution in [0.15, 0.2) is 22.7 Å². The van der Waals surface area contributed by atoms with Crippen molar-refractivity contribution < 1.29 is 4.74 Å². The summed E-state index contributed by atoms with van der Waals surface area (Å²) in [5.74, 6) is 0.850. The van der Waals surface area contributed by atoms with E-state index in [2.05, 4.69) is 29.8 Å². The van der Waals surface area contributed by atoms with E-state index in [9.17, 15) is 0 Å². The van der Waals surface area contributed by atoms with Crippen molar-refractivity contribution in [3.05, 3.63) is 27.7 Å². The van der Waals surface area contributed by atoms with Gasteiger partial charge in [0.05, 0.1) is 4.47 Å². The smallest absolute Gasteiger partial charge is 0.134 e. The van der Waals surface area contributed by atoms with Crippen LogP contribution in [0.5, 0.6) is 5.75 Å². The Labute approximate surface area is 122 Å². The lowest BCUT2D eigenvalue weighted by Crippen LogP contribution is -2.62. The van der Waals surface area contributed by atoms with Crippen molar-refractivity contribution in [3.8, 4) is 5.75 Å². The second-order valence-electron chi connectivity index (χ2n) is 4.96. The first kappa shape index (κ1) is 14.2. The van der Waals surface area contributed by atoms with Gasteiger partial charge in [-0.05, 0) is 47.0 Å². The Kier molecular flexibility index (Phi) is 4.25. The van der Waals surface area contributed by atoms with Gasteiger partial charge in [-0.2, -0.15) is 0 Å². The molecule has 1 fully saturated rings. The van der Waals surface area contributed by atoms with Crippen LogP contribution in [0.3, 0.4) is 0 Å². The zero-order valence-electron chi connectivity index (χ0n) is 10.7. The van der Waals surface area contributed by atoms with Gasteiger partial charge in [0.1, 0.15) is 11.9 Å². The maximum Gasteiger partial charge on any atom is 0.134 e. The zero-order chi connectivity index (χ0) is 13.3. The quantitative estimate of drug-likeness (QED) is 0.887. The molecule has 2 rings (SSSR count). The lowest BCUT2D eigenvalue weighted by Gasteiger charge is -2.53. The molecule has 2 unspecified atom stereocenters. The summed E-state index contributed by atoms with van der Waals surface area (Å²) < 4.78 is 7.02. The number of hydrogen-bond donors (Lipinski definition) is 1. The number of rotatable bonds is 4. The number of halogens is 2. The normalized spacial score (nSPS) is 25.6. The third-order valence-electron chi connectivity index (χ3n) is 4.33. The molecule has 2 atom stereocenters. The van der Waals surface area contributed by atoms with Gasteiger partial charge in [-0.1, -0.05) is 25.4 Å². The molecule has 18 heavy (non-hydrogen) atoms. The van der Waals surface area contributed by atoms with Crippen LogP contribution in [-0.2, 0) is 0 Å². The maximum atomic E-state index is 6.17. The molecule has 1 saturated carbocycles. The molecule has 0 saturated heterocycles. The van der Waals surface area contributed by atoms with E-state index in [0.717, 1.165) is 29.5 Å². The monoisotopic (exact) mass is 331 g/mol. The molecule has 4 heteroatoms. The van der Waals surface area contributed by atoms with Crippen molar-refractivity contribution in [1.82, 2.24) is 0 Å².